The number of hydrogen-bond donors (Lipinski definition) is 1. The van der Waals surface area contributed by atoms with E-state index in [-0.39, 0.29) is 5.91 Å². The van der Waals surface area contributed by atoms with Crippen LogP contribution in [-0.4, -0.2) is 31.8 Å². The van der Waals surface area contributed by atoms with Crippen LogP contribution in [0.15, 0.2) is 24.3 Å². The highest BCUT2D eigenvalue weighted by Gasteiger charge is 2.29. The molecule has 1 aromatic carbocycles. The van der Waals surface area contributed by atoms with Crippen LogP contribution in [0.25, 0.3) is 6.08 Å². The maximum atomic E-state index is 11.9. The Bertz CT molecular complexity index is 582. The van der Waals surface area contributed by atoms with Crippen molar-refractivity contribution in [1.29, 1.82) is 0 Å². The highest BCUT2D eigenvalue weighted by atomic mass is 19.4. The average Bonchev–Trinajstić information content (AvgIpc) is 2.42. The van der Waals surface area contributed by atoms with Crippen LogP contribution in [0, 0.1) is 0 Å². The summed E-state index contributed by atoms with van der Waals surface area (Å²) in [5.74, 6) is -1.16. The fourth-order valence-electron chi connectivity index (χ4n) is 1.53. The summed E-state index contributed by atoms with van der Waals surface area (Å²) in [7, 11) is 1.39. The summed E-state index contributed by atoms with van der Waals surface area (Å²) in [5.41, 5.74) is 0.691. The van der Waals surface area contributed by atoms with Crippen LogP contribution >= 0.6 is 0 Å². The first-order valence-corrected chi connectivity index (χ1v) is 6.09. The molecule has 0 atom stereocenters. The van der Waals surface area contributed by atoms with Crippen LogP contribution in [0.3, 0.4) is 0 Å². The summed E-state index contributed by atoms with van der Waals surface area (Å²) >= 11 is 0. The molecule has 120 valence electrons. The maximum Gasteiger partial charge on any atom is 0.422 e. The fourth-order valence-corrected chi connectivity index (χ4v) is 1.53. The normalized spacial score (nSPS) is 11.3. The fraction of sp³-hybridized carbons (Fsp3) is 0.286. The molecule has 22 heavy (non-hydrogen) atoms. The number of hydrogen-bond acceptors (Lipinski definition) is 4. The summed E-state index contributed by atoms with van der Waals surface area (Å²) in [6.07, 6.45) is -2.51. The molecule has 1 amide bonds. The van der Waals surface area contributed by atoms with E-state index in [1.54, 1.807) is 18.2 Å². The number of benzene rings is 1. The van der Waals surface area contributed by atoms with Crippen LogP contribution in [0.2, 0.25) is 0 Å². The minimum absolute atomic E-state index is 0.303. The Morgan fingerprint density at radius 3 is 2.55 bits per heavy atom. The molecule has 0 bridgehead atoms. The van der Waals surface area contributed by atoms with E-state index in [0.29, 0.717) is 17.0 Å². The zero-order chi connectivity index (χ0) is 16.8. The SMILES string of the molecule is COc1cccc(/C=C/C(=O)OCC(F)(F)F)c1NC(C)=O. The van der Waals surface area contributed by atoms with Gasteiger partial charge in [0.25, 0.3) is 0 Å². The number of ether oxygens (including phenoxy) is 2. The number of nitrogens with one attached hydrogen (secondary N) is 1. The molecule has 0 aromatic heterocycles. The number of carbonyl (C=O) groups is 2. The minimum atomic E-state index is -4.58. The predicted octanol–water partition coefficient (Wildman–Crippen LogP) is 2.77. The smallest absolute Gasteiger partial charge is 0.422 e. The third-order valence-electron chi connectivity index (χ3n) is 2.36. The Balaban J connectivity index is 2.90. The van der Waals surface area contributed by atoms with Gasteiger partial charge in [-0.1, -0.05) is 12.1 Å². The summed E-state index contributed by atoms with van der Waals surface area (Å²) in [4.78, 5) is 22.4. The number of para-hydroxylation sites is 1. The largest absolute Gasteiger partial charge is 0.495 e. The van der Waals surface area contributed by atoms with E-state index in [4.69, 9.17) is 4.74 Å². The molecule has 5 nitrogen and oxygen atoms in total. The van der Waals surface area contributed by atoms with Crippen molar-refractivity contribution >= 4 is 23.6 Å². The van der Waals surface area contributed by atoms with Crippen molar-refractivity contribution in [2.45, 2.75) is 13.1 Å². The van der Waals surface area contributed by atoms with Crippen molar-refractivity contribution < 1.29 is 32.2 Å². The van der Waals surface area contributed by atoms with E-state index < -0.39 is 18.8 Å². The van der Waals surface area contributed by atoms with Crippen molar-refractivity contribution in [2.75, 3.05) is 19.0 Å². The molecule has 0 heterocycles. The molecule has 0 saturated carbocycles. The van der Waals surface area contributed by atoms with Gasteiger partial charge in [0.15, 0.2) is 6.61 Å². The van der Waals surface area contributed by atoms with Crippen molar-refractivity contribution in [1.82, 2.24) is 0 Å². The Labute approximate surface area is 124 Å². The van der Waals surface area contributed by atoms with Gasteiger partial charge in [-0.25, -0.2) is 4.79 Å². The number of carbonyl (C=O) groups excluding carboxylic acids is 2. The van der Waals surface area contributed by atoms with Gasteiger partial charge in [-0.2, -0.15) is 13.2 Å². The molecular formula is C14H14F3NO4. The summed E-state index contributed by atoms with van der Waals surface area (Å²) < 4.78 is 44.9. The molecule has 1 rings (SSSR count). The average molecular weight is 317 g/mol. The Hall–Kier alpha value is -2.51. The molecule has 1 N–H and O–H groups in total. The van der Waals surface area contributed by atoms with Crippen LogP contribution in [-0.2, 0) is 14.3 Å². The second kappa shape index (κ2) is 7.48. The summed E-state index contributed by atoms with van der Waals surface area (Å²) in [5, 5.41) is 2.53. The number of amides is 1. The van der Waals surface area contributed by atoms with E-state index >= 15 is 0 Å². The first kappa shape index (κ1) is 17.5. The molecule has 0 saturated heterocycles. The molecule has 1 aromatic rings. The number of esters is 1. The topological polar surface area (TPSA) is 64.6 Å². The summed E-state index contributed by atoms with van der Waals surface area (Å²) in [6, 6.07) is 4.75. The number of rotatable bonds is 5. The lowest BCUT2D eigenvalue weighted by molar-refractivity contribution is -0.182. The maximum absolute atomic E-state index is 11.9. The first-order valence-electron chi connectivity index (χ1n) is 6.09. The van der Waals surface area contributed by atoms with Gasteiger partial charge in [0.1, 0.15) is 5.75 Å². The number of methoxy groups -OCH3 is 1. The van der Waals surface area contributed by atoms with Gasteiger partial charge in [0.2, 0.25) is 5.91 Å². The van der Waals surface area contributed by atoms with E-state index in [9.17, 15) is 22.8 Å². The van der Waals surface area contributed by atoms with Gasteiger partial charge in [-0.3, -0.25) is 4.79 Å². The second-order valence-corrected chi connectivity index (χ2v) is 4.16. The molecule has 0 unspecified atom stereocenters. The Morgan fingerprint density at radius 2 is 2.00 bits per heavy atom. The molecule has 0 aliphatic heterocycles. The van der Waals surface area contributed by atoms with E-state index in [1.165, 1.54) is 20.1 Å². The van der Waals surface area contributed by atoms with Gasteiger partial charge in [-0.05, 0) is 12.1 Å². The van der Waals surface area contributed by atoms with Crippen molar-refractivity contribution in [2.24, 2.45) is 0 Å². The lowest BCUT2D eigenvalue weighted by Crippen LogP contribution is -2.19. The first-order chi connectivity index (χ1) is 10.2. The zero-order valence-electron chi connectivity index (χ0n) is 11.9. The predicted molar refractivity (Wildman–Crippen MR) is 73.3 cm³/mol. The molecule has 0 spiro atoms. The highest BCUT2D eigenvalue weighted by Crippen LogP contribution is 2.29. The minimum Gasteiger partial charge on any atom is -0.495 e. The summed E-state index contributed by atoms with van der Waals surface area (Å²) in [6.45, 7) is -0.371. The van der Waals surface area contributed by atoms with E-state index in [2.05, 4.69) is 10.1 Å². The van der Waals surface area contributed by atoms with Gasteiger partial charge in [0.05, 0.1) is 12.8 Å². The third-order valence-corrected chi connectivity index (χ3v) is 2.36. The lowest BCUT2D eigenvalue weighted by Gasteiger charge is -2.11. The second-order valence-electron chi connectivity index (χ2n) is 4.16. The van der Waals surface area contributed by atoms with E-state index in [0.717, 1.165) is 6.08 Å². The number of anilines is 1. The van der Waals surface area contributed by atoms with E-state index in [1.807, 2.05) is 0 Å². The quantitative estimate of drug-likeness (QED) is 0.670. The monoisotopic (exact) mass is 317 g/mol. The van der Waals surface area contributed by atoms with Crippen molar-refractivity contribution in [3.05, 3.63) is 29.8 Å². The zero-order valence-corrected chi connectivity index (χ0v) is 11.9. The van der Waals surface area contributed by atoms with Gasteiger partial charge in [0, 0.05) is 18.6 Å². The molecular weight excluding hydrogens is 303 g/mol. The van der Waals surface area contributed by atoms with Crippen LogP contribution in [0.4, 0.5) is 18.9 Å². The Kier molecular flexibility index (Phi) is 5.97. The molecule has 0 aliphatic carbocycles. The van der Waals surface area contributed by atoms with Crippen LogP contribution in [0.1, 0.15) is 12.5 Å². The molecule has 0 radical (unpaired) electrons. The molecule has 0 fully saturated rings. The lowest BCUT2D eigenvalue weighted by atomic mass is 10.1. The standard InChI is InChI=1S/C14H14F3NO4/c1-9(19)18-13-10(4-3-5-11(13)21-2)6-7-12(20)22-8-14(15,16)17/h3-7H,8H2,1-2H3,(H,18,19)/b7-6+. The highest BCUT2D eigenvalue weighted by molar-refractivity contribution is 5.95. The van der Waals surface area contributed by atoms with Crippen LogP contribution in [0.5, 0.6) is 5.75 Å². The van der Waals surface area contributed by atoms with Crippen LogP contribution < -0.4 is 10.1 Å². The number of alkyl halides is 3. The van der Waals surface area contributed by atoms with Gasteiger partial charge < -0.3 is 14.8 Å². The van der Waals surface area contributed by atoms with Crippen molar-refractivity contribution in [3.63, 3.8) is 0 Å². The van der Waals surface area contributed by atoms with Gasteiger partial charge in [-0.15, -0.1) is 0 Å². The Morgan fingerprint density at radius 1 is 1.32 bits per heavy atom. The number of halogens is 3. The molecule has 8 heteroatoms. The van der Waals surface area contributed by atoms with Crippen molar-refractivity contribution in [3.8, 4) is 5.75 Å². The third kappa shape index (κ3) is 5.86. The molecule has 0 aliphatic rings. The van der Waals surface area contributed by atoms with Gasteiger partial charge >= 0.3 is 12.1 Å².